The molecule has 1 aromatic carbocycles. The molecule has 1 atom stereocenters. The van der Waals surface area contributed by atoms with E-state index in [1.807, 2.05) is 21.0 Å². The van der Waals surface area contributed by atoms with Gasteiger partial charge >= 0.3 is 5.97 Å². The summed E-state index contributed by atoms with van der Waals surface area (Å²) in [6, 6.07) is 6.94. The minimum Gasteiger partial charge on any atom is -0.479 e. The summed E-state index contributed by atoms with van der Waals surface area (Å²) in [7, 11) is 3.97. The molecular weight excluding hydrogens is 278 g/mol. The zero-order valence-electron chi connectivity index (χ0n) is 12.3. The van der Waals surface area contributed by atoms with Gasteiger partial charge in [0.15, 0.2) is 6.10 Å². The fourth-order valence-electron chi connectivity index (χ4n) is 1.62. The molecule has 0 aliphatic carbocycles. The first-order valence-electron chi connectivity index (χ1n) is 6.76. The van der Waals surface area contributed by atoms with Crippen molar-refractivity contribution in [2.45, 2.75) is 25.9 Å². The molecule has 0 bridgehead atoms. The van der Waals surface area contributed by atoms with Crippen LogP contribution in [0.4, 0.5) is 0 Å². The van der Waals surface area contributed by atoms with Crippen molar-refractivity contribution in [1.82, 2.24) is 4.90 Å². The largest absolute Gasteiger partial charge is 0.479 e. The van der Waals surface area contributed by atoms with Crippen LogP contribution in [0.25, 0.3) is 0 Å². The highest BCUT2D eigenvalue weighted by atomic mass is 35.5. The number of rotatable bonds is 8. The summed E-state index contributed by atoms with van der Waals surface area (Å²) in [6.45, 7) is 3.20. The number of hydrogen-bond donors (Lipinski definition) is 0. The number of benzene rings is 1. The van der Waals surface area contributed by atoms with Crippen molar-refractivity contribution < 1.29 is 14.3 Å². The van der Waals surface area contributed by atoms with Crippen LogP contribution in [0.1, 0.15) is 19.8 Å². The molecular formula is C15H22ClNO3. The minimum absolute atomic E-state index is 0.318. The van der Waals surface area contributed by atoms with Crippen LogP contribution in [0, 0.1) is 0 Å². The van der Waals surface area contributed by atoms with Gasteiger partial charge in [0.2, 0.25) is 0 Å². The van der Waals surface area contributed by atoms with Gasteiger partial charge in [0.05, 0.1) is 6.61 Å². The first-order valence-corrected chi connectivity index (χ1v) is 7.14. The maximum Gasteiger partial charge on any atom is 0.347 e. The molecule has 0 aliphatic rings. The molecule has 0 spiro atoms. The van der Waals surface area contributed by atoms with E-state index >= 15 is 0 Å². The molecule has 0 aromatic heterocycles. The van der Waals surface area contributed by atoms with Gasteiger partial charge in [-0.2, -0.15) is 0 Å². The Morgan fingerprint density at radius 2 is 1.95 bits per heavy atom. The average Bonchev–Trinajstić information content (AvgIpc) is 2.42. The van der Waals surface area contributed by atoms with Gasteiger partial charge < -0.3 is 14.4 Å². The number of carbonyl (C=O) groups is 1. The van der Waals surface area contributed by atoms with Crippen molar-refractivity contribution in [3.8, 4) is 5.75 Å². The highest BCUT2D eigenvalue weighted by Crippen LogP contribution is 2.18. The normalized spacial score (nSPS) is 12.2. The molecule has 1 rings (SSSR count). The summed E-state index contributed by atoms with van der Waals surface area (Å²) in [5.41, 5.74) is 0. The maximum atomic E-state index is 11.9. The molecule has 20 heavy (non-hydrogen) atoms. The number of halogens is 1. The lowest BCUT2D eigenvalue weighted by Crippen LogP contribution is -2.29. The molecule has 0 saturated heterocycles. The van der Waals surface area contributed by atoms with Crippen molar-refractivity contribution in [2.24, 2.45) is 0 Å². The quantitative estimate of drug-likeness (QED) is 0.546. The summed E-state index contributed by atoms with van der Waals surface area (Å²) >= 11 is 5.80. The van der Waals surface area contributed by atoms with E-state index in [0.29, 0.717) is 23.8 Å². The Morgan fingerprint density at radius 3 is 2.50 bits per heavy atom. The number of carbonyl (C=O) groups excluding carboxylic acids is 1. The summed E-state index contributed by atoms with van der Waals surface area (Å²) in [6.07, 6.45) is 0.807. The predicted molar refractivity (Wildman–Crippen MR) is 80.3 cm³/mol. The zero-order chi connectivity index (χ0) is 15.0. The van der Waals surface area contributed by atoms with Crippen LogP contribution in [0.5, 0.6) is 5.75 Å². The highest BCUT2D eigenvalue weighted by molar-refractivity contribution is 6.30. The smallest absolute Gasteiger partial charge is 0.347 e. The monoisotopic (exact) mass is 299 g/mol. The number of hydrogen-bond acceptors (Lipinski definition) is 4. The summed E-state index contributed by atoms with van der Waals surface area (Å²) < 4.78 is 10.8. The van der Waals surface area contributed by atoms with Crippen LogP contribution in [0.2, 0.25) is 5.02 Å². The molecule has 4 nitrogen and oxygen atoms in total. The molecule has 1 aromatic rings. The van der Waals surface area contributed by atoms with E-state index in [4.69, 9.17) is 21.1 Å². The van der Waals surface area contributed by atoms with Crippen molar-refractivity contribution in [2.75, 3.05) is 27.2 Å². The summed E-state index contributed by atoms with van der Waals surface area (Å²) in [5, 5.41) is 0.636. The molecule has 0 radical (unpaired) electrons. The van der Waals surface area contributed by atoms with Gasteiger partial charge in [-0.25, -0.2) is 4.79 Å². The highest BCUT2D eigenvalue weighted by Gasteiger charge is 2.19. The van der Waals surface area contributed by atoms with Gasteiger partial charge in [0, 0.05) is 11.6 Å². The summed E-state index contributed by atoms with van der Waals surface area (Å²) in [5.74, 6) is 0.299. The van der Waals surface area contributed by atoms with Gasteiger partial charge in [-0.3, -0.25) is 0 Å². The maximum absolute atomic E-state index is 11.9. The molecule has 112 valence electrons. The summed E-state index contributed by atoms with van der Waals surface area (Å²) in [4.78, 5) is 14.0. The van der Waals surface area contributed by atoms with Crippen LogP contribution in [-0.2, 0) is 9.53 Å². The zero-order valence-corrected chi connectivity index (χ0v) is 13.0. The van der Waals surface area contributed by atoms with E-state index in [0.717, 1.165) is 13.0 Å². The lowest BCUT2D eigenvalue weighted by Gasteiger charge is -2.17. The second-order valence-corrected chi connectivity index (χ2v) is 5.23. The van der Waals surface area contributed by atoms with Crippen LogP contribution < -0.4 is 4.74 Å². The average molecular weight is 300 g/mol. The van der Waals surface area contributed by atoms with Crippen molar-refractivity contribution in [3.05, 3.63) is 29.3 Å². The second-order valence-electron chi connectivity index (χ2n) is 4.79. The Morgan fingerprint density at radius 1 is 1.30 bits per heavy atom. The molecule has 0 fully saturated rings. The molecule has 0 amide bonds. The second kappa shape index (κ2) is 8.82. The number of esters is 1. The number of ether oxygens (including phenoxy) is 2. The van der Waals surface area contributed by atoms with E-state index in [1.54, 1.807) is 24.3 Å². The van der Waals surface area contributed by atoms with E-state index < -0.39 is 6.10 Å². The minimum atomic E-state index is -0.574. The first-order chi connectivity index (χ1) is 9.52. The SMILES string of the molecule is CC[C@@H](Oc1ccc(Cl)cc1)C(=O)OCCCN(C)C. The van der Waals surface area contributed by atoms with Crippen LogP contribution in [-0.4, -0.2) is 44.2 Å². The Balaban J connectivity index is 2.40. The third-order valence-electron chi connectivity index (χ3n) is 2.72. The fourth-order valence-corrected chi connectivity index (χ4v) is 1.75. The van der Waals surface area contributed by atoms with Crippen LogP contribution >= 0.6 is 11.6 Å². The molecule has 0 unspecified atom stereocenters. The third-order valence-corrected chi connectivity index (χ3v) is 2.97. The Kier molecular flexibility index (Phi) is 7.41. The van der Waals surface area contributed by atoms with Crippen molar-refractivity contribution >= 4 is 17.6 Å². The topological polar surface area (TPSA) is 38.8 Å². The molecule has 5 heteroatoms. The van der Waals surface area contributed by atoms with E-state index in [-0.39, 0.29) is 5.97 Å². The van der Waals surface area contributed by atoms with Crippen LogP contribution in [0.3, 0.4) is 0 Å². The first kappa shape index (κ1) is 16.8. The van der Waals surface area contributed by atoms with Crippen LogP contribution in [0.15, 0.2) is 24.3 Å². The van der Waals surface area contributed by atoms with Gasteiger partial charge in [-0.15, -0.1) is 0 Å². The molecule has 0 saturated carbocycles. The van der Waals surface area contributed by atoms with Crippen molar-refractivity contribution in [1.29, 1.82) is 0 Å². The van der Waals surface area contributed by atoms with E-state index in [2.05, 4.69) is 4.90 Å². The Labute approximate surface area is 125 Å². The molecule has 0 aliphatic heterocycles. The van der Waals surface area contributed by atoms with Gasteiger partial charge in [0.1, 0.15) is 5.75 Å². The third kappa shape index (κ3) is 6.26. The predicted octanol–water partition coefficient (Wildman–Crippen LogP) is 2.99. The standard InChI is InChI=1S/C15H22ClNO3/c1-4-14(15(18)19-11-5-10-17(2)3)20-13-8-6-12(16)7-9-13/h6-9,14H,4-5,10-11H2,1-3H3/t14-/m1/s1. The van der Waals surface area contributed by atoms with E-state index in [9.17, 15) is 4.79 Å². The Hall–Kier alpha value is -1.26. The van der Waals surface area contributed by atoms with Gasteiger partial charge in [0.25, 0.3) is 0 Å². The lowest BCUT2D eigenvalue weighted by molar-refractivity contribution is -0.152. The lowest BCUT2D eigenvalue weighted by atomic mass is 10.2. The molecule has 0 N–H and O–H groups in total. The van der Waals surface area contributed by atoms with Crippen molar-refractivity contribution in [3.63, 3.8) is 0 Å². The fraction of sp³-hybridized carbons (Fsp3) is 0.533. The van der Waals surface area contributed by atoms with E-state index in [1.165, 1.54) is 0 Å². The number of nitrogens with zero attached hydrogens (tertiary/aromatic N) is 1. The van der Waals surface area contributed by atoms with Gasteiger partial charge in [-0.1, -0.05) is 18.5 Å². The Bertz CT molecular complexity index is 406. The molecule has 0 heterocycles. The van der Waals surface area contributed by atoms with Gasteiger partial charge in [-0.05, 0) is 51.2 Å².